The number of nitrogens with zero attached hydrogens (tertiary/aromatic N) is 4. The van der Waals surface area contributed by atoms with Crippen molar-refractivity contribution < 1.29 is 36.9 Å². The molecule has 240 valence electrons. The molecule has 0 bridgehead atoms. The first-order valence-electron chi connectivity index (χ1n) is 14.6. The van der Waals surface area contributed by atoms with Gasteiger partial charge in [-0.25, -0.2) is 32.3 Å². The van der Waals surface area contributed by atoms with Crippen LogP contribution in [0.1, 0.15) is 58.3 Å². The smallest absolute Gasteiger partial charge is 0.335 e. The summed E-state index contributed by atoms with van der Waals surface area (Å²) in [6.07, 6.45) is -0.0442. The summed E-state index contributed by atoms with van der Waals surface area (Å²) in [6.45, 7) is 6.03. The van der Waals surface area contributed by atoms with Crippen LogP contribution in [-0.4, -0.2) is 38.8 Å². The van der Waals surface area contributed by atoms with Crippen LogP contribution in [0.3, 0.4) is 0 Å². The van der Waals surface area contributed by atoms with Crippen LogP contribution in [0.25, 0.3) is 22.3 Å². The molecule has 0 radical (unpaired) electrons. The monoisotopic (exact) mass is 644 g/mol. The lowest BCUT2D eigenvalue weighted by Gasteiger charge is -2.28. The molecule has 1 fully saturated rings. The molecule has 12 heteroatoms. The summed E-state index contributed by atoms with van der Waals surface area (Å²) in [5.41, 5.74) is 1.25. The van der Waals surface area contributed by atoms with Crippen molar-refractivity contribution in [3.8, 4) is 23.2 Å². The Hall–Kier alpha value is -5.28. The molecule has 8 nitrogen and oxygen atoms in total. The fourth-order valence-electron chi connectivity index (χ4n) is 5.85. The zero-order chi connectivity index (χ0) is 33.6. The first kappa shape index (κ1) is 31.7. The Balaban J connectivity index is 1.34. The minimum absolute atomic E-state index is 0.0228. The van der Waals surface area contributed by atoms with Crippen LogP contribution in [0.2, 0.25) is 0 Å². The van der Waals surface area contributed by atoms with Gasteiger partial charge in [-0.05, 0) is 60.5 Å². The van der Waals surface area contributed by atoms with Crippen molar-refractivity contribution in [1.82, 2.24) is 14.5 Å². The first-order valence-corrected chi connectivity index (χ1v) is 14.6. The highest BCUT2D eigenvalue weighted by molar-refractivity contribution is 5.93. The molecule has 3 aromatic carbocycles. The predicted molar refractivity (Wildman–Crippen MR) is 163 cm³/mol. The van der Waals surface area contributed by atoms with Crippen LogP contribution in [0, 0.1) is 46.9 Å². The number of nitriles is 1. The maximum absolute atomic E-state index is 15.8. The van der Waals surface area contributed by atoms with Gasteiger partial charge in [0.15, 0.2) is 11.6 Å². The van der Waals surface area contributed by atoms with E-state index in [4.69, 9.17) is 14.7 Å². The molecule has 5 aromatic rings. The zero-order valence-electron chi connectivity index (χ0n) is 25.6. The van der Waals surface area contributed by atoms with Crippen molar-refractivity contribution in [1.29, 1.82) is 5.26 Å². The maximum atomic E-state index is 15.8. The molecular weight excluding hydrogens is 616 g/mol. The van der Waals surface area contributed by atoms with E-state index in [1.54, 1.807) is 17.6 Å². The number of ether oxygens (including phenoxy) is 2. The SMILES string of the molecule is Cc1cc(Cc2nc3c(F)cc(C(=O)O)cc3n2C2COCC2(C)C)c(F)cc1-c1ccc(F)c(OCc2ccc(C#N)cc2F)n1. The number of rotatable bonds is 8. The quantitative estimate of drug-likeness (QED) is 0.177. The molecule has 1 saturated heterocycles. The van der Waals surface area contributed by atoms with Gasteiger partial charge in [0.25, 0.3) is 5.88 Å². The largest absolute Gasteiger partial charge is 0.478 e. The fourth-order valence-corrected chi connectivity index (χ4v) is 5.85. The summed E-state index contributed by atoms with van der Waals surface area (Å²) in [7, 11) is 0. The number of imidazole rings is 1. The number of hydrogen-bond acceptors (Lipinski definition) is 6. The third kappa shape index (κ3) is 6.02. The van der Waals surface area contributed by atoms with Gasteiger partial charge < -0.3 is 19.1 Å². The number of halogens is 4. The first-order chi connectivity index (χ1) is 22.4. The Morgan fingerprint density at radius 3 is 2.47 bits per heavy atom. The highest BCUT2D eigenvalue weighted by Gasteiger charge is 2.39. The second-order valence-corrected chi connectivity index (χ2v) is 12.2. The number of fused-ring (bicyclic) bond motifs is 1. The molecule has 0 saturated carbocycles. The van der Waals surface area contributed by atoms with E-state index in [0.717, 1.165) is 18.2 Å². The predicted octanol–water partition coefficient (Wildman–Crippen LogP) is 7.30. The number of aromatic nitrogens is 3. The van der Waals surface area contributed by atoms with Crippen LogP contribution in [0.15, 0.2) is 54.6 Å². The minimum atomic E-state index is -1.29. The van der Waals surface area contributed by atoms with E-state index in [1.807, 2.05) is 19.9 Å². The van der Waals surface area contributed by atoms with Gasteiger partial charge in [-0.3, -0.25) is 0 Å². The van der Waals surface area contributed by atoms with E-state index in [-0.39, 0.29) is 64.7 Å². The second-order valence-electron chi connectivity index (χ2n) is 12.2. The van der Waals surface area contributed by atoms with Crippen molar-refractivity contribution in [3.63, 3.8) is 0 Å². The Morgan fingerprint density at radius 2 is 1.79 bits per heavy atom. The molecule has 1 N–H and O–H groups in total. The number of carboxylic acid groups (broad SMARTS) is 1. The summed E-state index contributed by atoms with van der Waals surface area (Å²) < 4.78 is 72.8. The number of pyridine rings is 1. The fraction of sp³-hybridized carbons (Fsp3) is 0.257. The minimum Gasteiger partial charge on any atom is -0.478 e. The van der Waals surface area contributed by atoms with Crippen molar-refractivity contribution in [2.24, 2.45) is 5.41 Å². The third-order valence-electron chi connectivity index (χ3n) is 8.41. The Labute approximate surface area is 266 Å². The van der Waals surface area contributed by atoms with Crippen LogP contribution < -0.4 is 4.74 Å². The summed E-state index contributed by atoms with van der Waals surface area (Å²) in [5, 5.41) is 18.5. The standard InChI is InChI=1S/C35H28F4N4O4/c1-18-8-21(12-31-42-32-27(39)10-22(34(44)45)11-29(32)43(31)30-16-46-17-35(30,2)3)26(38)13-23(18)28-7-6-24(36)33(41-28)47-15-20-5-4-19(14-40)9-25(20)37/h4-11,13,30H,12,15-17H2,1-3H3,(H,44,45). The number of hydrogen-bond donors (Lipinski definition) is 1. The van der Waals surface area contributed by atoms with Crippen LogP contribution in [-0.2, 0) is 17.8 Å². The van der Waals surface area contributed by atoms with Crippen LogP contribution in [0.5, 0.6) is 5.88 Å². The summed E-state index contributed by atoms with van der Waals surface area (Å²) in [5.74, 6) is -4.26. The van der Waals surface area contributed by atoms with Gasteiger partial charge >= 0.3 is 5.97 Å². The molecule has 0 amide bonds. The lowest BCUT2D eigenvalue weighted by molar-refractivity contribution is 0.0696. The van der Waals surface area contributed by atoms with E-state index in [9.17, 15) is 18.7 Å². The van der Waals surface area contributed by atoms with Crippen molar-refractivity contribution in [2.45, 2.75) is 39.8 Å². The third-order valence-corrected chi connectivity index (χ3v) is 8.41. The summed E-state index contributed by atoms with van der Waals surface area (Å²) >= 11 is 0. The Morgan fingerprint density at radius 1 is 1.02 bits per heavy atom. The molecule has 0 aliphatic carbocycles. The van der Waals surface area contributed by atoms with E-state index in [2.05, 4.69) is 9.97 Å². The molecule has 3 heterocycles. The van der Waals surface area contributed by atoms with E-state index in [1.165, 1.54) is 30.3 Å². The molecule has 6 rings (SSSR count). The molecule has 1 aliphatic rings. The number of carbonyl (C=O) groups is 1. The Kier molecular flexibility index (Phi) is 8.19. The van der Waals surface area contributed by atoms with Crippen molar-refractivity contribution >= 4 is 17.0 Å². The van der Waals surface area contributed by atoms with Crippen LogP contribution in [0.4, 0.5) is 17.6 Å². The lowest BCUT2D eigenvalue weighted by atomic mass is 9.87. The molecule has 1 aliphatic heterocycles. The highest BCUT2D eigenvalue weighted by Crippen LogP contribution is 2.41. The van der Waals surface area contributed by atoms with Gasteiger partial charge in [0.05, 0.1) is 47.7 Å². The average Bonchev–Trinajstić information content (AvgIpc) is 3.56. The normalized spacial score (nSPS) is 15.6. The maximum Gasteiger partial charge on any atom is 0.335 e. The summed E-state index contributed by atoms with van der Waals surface area (Å²) in [4.78, 5) is 20.5. The van der Waals surface area contributed by atoms with Gasteiger partial charge in [-0.2, -0.15) is 5.26 Å². The lowest BCUT2D eigenvalue weighted by Crippen LogP contribution is -2.27. The van der Waals surface area contributed by atoms with Gasteiger partial charge in [-0.1, -0.05) is 26.0 Å². The Bertz CT molecular complexity index is 2100. The van der Waals surface area contributed by atoms with Gasteiger partial charge in [0, 0.05) is 23.0 Å². The number of aryl methyl sites for hydroxylation is 1. The number of carboxylic acids is 1. The molecule has 0 spiro atoms. The van der Waals surface area contributed by atoms with Gasteiger partial charge in [0.2, 0.25) is 0 Å². The molecule has 1 unspecified atom stereocenters. The van der Waals surface area contributed by atoms with Crippen molar-refractivity contribution in [2.75, 3.05) is 13.2 Å². The van der Waals surface area contributed by atoms with Gasteiger partial charge in [0.1, 0.15) is 29.6 Å². The second kappa shape index (κ2) is 12.1. The molecule has 2 aromatic heterocycles. The van der Waals surface area contributed by atoms with E-state index >= 15 is 8.78 Å². The highest BCUT2D eigenvalue weighted by atomic mass is 19.1. The number of benzene rings is 3. The molecular formula is C35H28F4N4O4. The van der Waals surface area contributed by atoms with E-state index in [0.29, 0.717) is 23.6 Å². The number of aromatic carboxylic acids is 1. The van der Waals surface area contributed by atoms with Crippen molar-refractivity contribution in [3.05, 3.63) is 112 Å². The van der Waals surface area contributed by atoms with E-state index < -0.39 is 40.5 Å². The topological polar surface area (TPSA) is 110 Å². The van der Waals surface area contributed by atoms with Gasteiger partial charge in [-0.15, -0.1) is 0 Å². The van der Waals surface area contributed by atoms with Crippen LogP contribution >= 0.6 is 0 Å². The average molecular weight is 645 g/mol. The zero-order valence-corrected chi connectivity index (χ0v) is 25.6. The molecule has 47 heavy (non-hydrogen) atoms. The molecule has 1 atom stereocenters. The summed E-state index contributed by atoms with van der Waals surface area (Å²) in [6, 6.07) is 13.0.